The van der Waals surface area contributed by atoms with E-state index in [4.69, 9.17) is 21.8 Å². The second-order valence-corrected chi connectivity index (χ2v) is 15.7. The van der Waals surface area contributed by atoms with Gasteiger partial charge in [0.25, 0.3) is 0 Å². The Labute approximate surface area is 338 Å². The van der Waals surface area contributed by atoms with Gasteiger partial charge in [0, 0.05) is 57.0 Å². The number of hydrogen-bond acceptors (Lipinski definition) is 5. The first-order valence-corrected chi connectivity index (χ1v) is 19.9. The summed E-state index contributed by atoms with van der Waals surface area (Å²) in [5.74, 6) is 1.25. The maximum absolute atomic E-state index is 8.80. The van der Waals surface area contributed by atoms with Gasteiger partial charge in [-0.15, -0.1) is 22.7 Å². The van der Waals surface area contributed by atoms with E-state index in [-0.39, 0.29) is 17.6 Å². The van der Waals surface area contributed by atoms with Crippen molar-refractivity contribution in [1.29, 1.82) is 0 Å². The normalized spacial score (nSPS) is 12.8. The molecule has 0 saturated carbocycles. The van der Waals surface area contributed by atoms with Gasteiger partial charge in [-0.05, 0) is 51.6 Å². The number of benzene rings is 8. The molecule has 0 N–H and O–H groups in total. The second kappa shape index (κ2) is 13.5. The van der Waals surface area contributed by atoms with Gasteiger partial charge >= 0.3 is 0 Å². The van der Waals surface area contributed by atoms with Crippen LogP contribution in [0.4, 0.5) is 0 Å². The second-order valence-electron chi connectivity index (χ2n) is 13.6. The van der Waals surface area contributed by atoms with Gasteiger partial charge < -0.3 is 0 Å². The van der Waals surface area contributed by atoms with Crippen molar-refractivity contribution in [2.75, 3.05) is 0 Å². The summed E-state index contributed by atoms with van der Waals surface area (Å²) in [5.41, 5.74) is 7.21. The fraction of sp³-hybridized carbons (Fsp3) is 0. The first kappa shape index (κ1) is 27.7. The molecular formula is C51H31N3S2. The minimum absolute atomic E-state index is 0.0904. The van der Waals surface area contributed by atoms with Crippen LogP contribution in [0.2, 0.25) is 0 Å². The Morgan fingerprint density at radius 2 is 0.768 bits per heavy atom. The van der Waals surface area contributed by atoms with Crippen LogP contribution in [-0.2, 0) is 0 Å². The van der Waals surface area contributed by atoms with Gasteiger partial charge in [0.1, 0.15) is 0 Å². The predicted octanol–water partition coefficient (Wildman–Crippen LogP) is 14.6. The molecule has 0 aliphatic carbocycles. The Morgan fingerprint density at radius 1 is 0.321 bits per heavy atom. The largest absolute Gasteiger partial charge is 0.208 e. The van der Waals surface area contributed by atoms with Gasteiger partial charge in [0.05, 0.1) is 6.85 Å². The van der Waals surface area contributed by atoms with Crippen LogP contribution in [0.15, 0.2) is 188 Å². The van der Waals surface area contributed by atoms with E-state index in [2.05, 4.69) is 97.1 Å². The molecule has 3 nitrogen and oxygen atoms in total. The molecule has 3 heterocycles. The Bertz CT molecular complexity index is 3510. The average molecular weight is 755 g/mol. The minimum atomic E-state index is -0.443. The summed E-state index contributed by atoms with van der Waals surface area (Å²) in [6, 6.07) is 51.9. The van der Waals surface area contributed by atoms with Gasteiger partial charge in [-0.3, -0.25) is 0 Å². The van der Waals surface area contributed by atoms with E-state index < -0.39 is 18.1 Å². The lowest BCUT2D eigenvalue weighted by atomic mass is 9.98. The summed E-state index contributed by atoms with van der Waals surface area (Å²) >= 11 is 3.52. The van der Waals surface area contributed by atoms with E-state index >= 15 is 0 Å². The highest BCUT2D eigenvalue weighted by molar-refractivity contribution is 7.26. The molecule has 0 aliphatic rings. The highest BCUT2D eigenvalue weighted by Gasteiger charge is 2.19. The van der Waals surface area contributed by atoms with Gasteiger partial charge in [0.15, 0.2) is 17.5 Å². The van der Waals surface area contributed by atoms with Crippen LogP contribution >= 0.6 is 22.7 Å². The lowest BCUT2D eigenvalue weighted by Crippen LogP contribution is -2.01. The first-order chi connectivity index (χ1) is 29.8. The standard InChI is InChI=1S/C51H31N3S2/c1-2-12-34(13-3-1)37-14-4-5-17-43(37)50-52-49(53-51(54-50)44-21-11-20-42-40-16-7-9-23-46(40)56-48(42)44)36-30-26-33(27-31-36)32-24-28-35(29-25-32)38-18-10-19-41-39-15-6-8-22-45(39)55-47(38)41/h1-31H/i1D,2D,3D,12D,13D. The molecule has 5 heteroatoms. The SMILES string of the molecule is [2H]c1c([2H])c([2H])c(-c2ccccc2-c2nc(-c3ccc(-c4ccc(-c5cccc6c5sc5ccccc56)cc4)cc3)nc(-c3cccc4c3sc3ccccc34)n2)c([2H])c1[2H]. The molecule has 0 fully saturated rings. The third kappa shape index (κ3) is 5.60. The maximum Gasteiger partial charge on any atom is 0.165 e. The summed E-state index contributed by atoms with van der Waals surface area (Å²) in [5, 5.41) is 4.83. The van der Waals surface area contributed by atoms with Crippen LogP contribution in [0.1, 0.15) is 6.85 Å². The summed E-state index contributed by atoms with van der Waals surface area (Å²) in [7, 11) is 0. The zero-order chi connectivity index (χ0) is 41.4. The Balaban J connectivity index is 1.02. The van der Waals surface area contributed by atoms with Gasteiger partial charge in [-0.2, -0.15) is 0 Å². The fourth-order valence-corrected chi connectivity index (χ4v) is 10.0. The van der Waals surface area contributed by atoms with Crippen molar-refractivity contribution in [2.24, 2.45) is 0 Å². The minimum Gasteiger partial charge on any atom is -0.208 e. The molecule has 3 aromatic heterocycles. The average Bonchev–Trinajstić information content (AvgIpc) is 3.89. The van der Waals surface area contributed by atoms with Crippen LogP contribution in [0.25, 0.3) is 108 Å². The van der Waals surface area contributed by atoms with Gasteiger partial charge in [0.2, 0.25) is 0 Å². The zero-order valence-electron chi connectivity index (χ0n) is 34.7. The number of fused-ring (bicyclic) bond motifs is 6. The molecule has 8 aromatic carbocycles. The van der Waals surface area contributed by atoms with E-state index in [1.165, 1.54) is 31.3 Å². The molecule has 0 spiro atoms. The highest BCUT2D eigenvalue weighted by atomic mass is 32.1. The molecule has 0 atom stereocenters. The van der Waals surface area contributed by atoms with E-state index in [1.54, 1.807) is 23.5 Å². The van der Waals surface area contributed by atoms with E-state index in [9.17, 15) is 0 Å². The molecule has 0 amide bonds. The highest BCUT2D eigenvalue weighted by Crippen LogP contribution is 2.42. The molecule has 0 aliphatic heterocycles. The third-order valence-corrected chi connectivity index (χ3v) is 12.7. The molecule has 262 valence electrons. The van der Waals surface area contributed by atoms with E-state index in [0.717, 1.165) is 42.4 Å². The van der Waals surface area contributed by atoms with Crippen molar-refractivity contribution < 1.29 is 6.85 Å². The Morgan fingerprint density at radius 3 is 1.41 bits per heavy atom. The van der Waals surface area contributed by atoms with Crippen LogP contribution in [0.3, 0.4) is 0 Å². The molecule has 0 bridgehead atoms. The van der Waals surface area contributed by atoms with Crippen molar-refractivity contribution in [3.8, 4) is 67.5 Å². The quantitative estimate of drug-likeness (QED) is 0.170. The van der Waals surface area contributed by atoms with E-state index in [0.29, 0.717) is 28.6 Å². The summed E-state index contributed by atoms with van der Waals surface area (Å²) < 4.78 is 47.4. The number of nitrogens with zero attached hydrogens (tertiary/aromatic N) is 3. The van der Waals surface area contributed by atoms with Crippen molar-refractivity contribution >= 4 is 63.0 Å². The number of hydrogen-bond donors (Lipinski definition) is 0. The lowest BCUT2D eigenvalue weighted by Gasteiger charge is -2.12. The van der Waals surface area contributed by atoms with Gasteiger partial charge in [-0.1, -0.05) is 170 Å². The monoisotopic (exact) mass is 754 g/mol. The number of aromatic nitrogens is 3. The smallest absolute Gasteiger partial charge is 0.165 e. The molecule has 0 unspecified atom stereocenters. The predicted molar refractivity (Wildman–Crippen MR) is 238 cm³/mol. The number of rotatable bonds is 6. The number of thiophene rings is 2. The Kier molecular flexibility index (Phi) is 6.69. The van der Waals surface area contributed by atoms with Crippen LogP contribution in [-0.4, -0.2) is 15.0 Å². The van der Waals surface area contributed by atoms with Crippen molar-refractivity contribution in [1.82, 2.24) is 15.0 Å². The zero-order valence-corrected chi connectivity index (χ0v) is 31.3. The summed E-state index contributed by atoms with van der Waals surface area (Å²) in [6.45, 7) is 0. The molecular weight excluding hydrogens is 719 g/mol. The van der Waals surface area contributed by atoms with Crippen LogP contribution in [0, 0.1) is 0 Å². The molecule has 11 rings (SSSR count). The first-order valence-electron chi connectivity index (χ1n) is 20.8. The summed E-state index contributed by atoms with van der Waals surface area (Å²) in [4.78, 5) is 15.2. The maximum atomic E-state index is 8.80. The molecule has 0 radical (unpaired) electrons. The third-order valence-electron chi connectivity index (χ3n) is 10.3. The molecule has 0 saturated heterocycles. The topological polar surface area (TPSA) is 38.7 Å². The lowest BCUT2D eigenvalue weighted by molar-refractivity contribution is 1.08. The van der Waals surface area contributed by atoms with Gasteiger partial charge in [-0.25, -0.2) is 15.0 Å². The fourth-order valence-electron chi connectivity index (χ4n) is 7.58. The van der Waals surface area contributed by atoms with Crippen molar-refractivity contribution in [3.63, 3.8) is 0 Å². The van der Waals surface area contributed by atoms with Crippen LogP contribution < -0.4 is 0 Å². The summed E-state index contributed by atoms with van der Waals surface area (Å²) in [6.07, 6.45) is 0. The van der Waals surface area contributed by atoms with E-state index in [1.807, 2.05) is 59.9 Å². The molecule has 56 heavy (non-hydrogen) atoms. The van der Waals surface area contributed by atoms with Crippen LogP contribution in [0.5, 0.6) is 0 Å². The Hall–Kier alpha value is -6.79. The van der Waals surface area contributed by atoms with Crippen molar-refractivity contribution in [2.45, 2.75) is 0 Å². The molecule has 11 aromatic rings. The van der Waals surface area contributed by atoms with Crippen molar-refractivity contribution in [3.05, 3.63) is 188 Å².